The fourth-order valence-corrected chi connectivity index (χ4v) is 1.57. The van der Waals surface area contributed by atoms with Crippen molar-refractivity contribution in [1.29, 1.82) is 0 Å². The van der Waals surface area contributed by atoms with Gasteiger partial charge in [0.05, 0.1) is 18.8 Å². The van der Waals surface area contributed by atoms with E-state index < -0.39 is 0 Å². The smallest absolute Gasteiger partial charge is 0.171 e. The molecule has 0 aliphatic heterocycles. The highest BCUT2D eigenvalue weighted by Gasteiger charge is 2.10. The van der Waals surface area contributed by atoms with Crippen LogP contribution in [-0.4, -0.2) is 32.7 Å². The quantitative estimate of drug-likeness (QED) is 0.509. The average molecular weight is 266 g/mol. The monoisotopic (exact) mass is 266 g/mol. The van der Waals surface area contributed by atoms with Crippen LogP contribution in [0.15, 0.2) is 18.2 Å². The van der Waals surface area contributed by atoms with Crippen molar-refractivity contribution in [2.24, 2.45) is 5.92 Å². The Morgan fingerprint density at radius 1 is 1.21 bits per heavy atom. The van der Waals surface area contributed by atoms with Gasteiger partial charge in [-0.3, -0.25) is 4.79 Å². The van der Waals surface area contributed by atoms with Crippen molar-refractivity contribution in [3.05, 3.63) is 23.8 Å². The Balaban J connectivity index is 2.57. The van der Waals surface area contributed by atoms with Crippen molar-refractivity contribution in [3.8, 4) is 11.5 Å². The highest BCUT2D eigenvalue weighted by atomic mass is 16.5. The maximum Gasteiger partial charge on any atom is 0.171 e. The molecule has 0 fully saturated rings. The Kier molecular flexibility index (Phi) is 6.97. The van der Waals surface area contributed by atoms with Crippen LogP contribution < -0.4 is 9.47 Å². The SMILES string of the molecule is CCOc1cccc(C=O)c1OCCOCC(C)C. The van der Waals surface area contributed by atoms with Gasteiger partial charge in [0.25, 0.3) is 0 Å². The molecular weight excluding hydrogens is 244 g/mol. The molecule has 19 heavy (non-hydrogen) atoms. The first kappa shape index (κ1) is 15.5. The van der Waals surface area contributed by atoms with Gasteiger partial charge in [-0.25, -0.2) is 0 Å². The molecule has 1 rings (SSSR count). The molecule has 0 aliphatic rings. The van der Waals surface area contributed by atoms with E-state index in [1.54, 1.807) is 18.2 Å². The van der Waals surface area contributed by atoms with Crippen LogP contribution in [0.4, 0.5) is 0 Å². The fourth-order valence-electron chi connectivity index (χ4n) is 1.57. The van der Waals surface area contributed by atoms with Crippen LogP contribution >= 0.6 is 0 Å². The second kappa shape index (κ2) is 8.53. The lowest BCUT2D eigenvalue weighted by molar-refractivity contribution is 0.0803. The number of hydrogen-bond acceptors (Lipinski definition) is 4. The molecule has 4 heteroatoms. The van der Waals surface area contributed by atoms with Crippen molar-refractivity contribution < 1.29 is 19.0 Å². The summed E-state index contributed by atoms with van der Waals surface area (Å²) in [5, 5.41) is 0. The third kappa shape index (κ3) is 5.30. The van der Waals surface area contributed by atoms with Crippen LogP contribution in [0, 0.1) is 5.92 Å². The number of aldehydes is 1. The van der Waals surface area contributed by atoms with Gasteiger partial charge in [0, 0.05) is 6.61 Å². The standard InChI is InChI=1S/C15H22O4/c1-4-18-14-7-5-6-13(10-16)15(14)19-9-8-17-11-12(2)3/h5-7,10,12H,4,8-9,11H2,1-3H3. The molecule has 1 aromatic rings. The molecule has 0 radical (unpaired) electrons. The summed E-state index contributed by atoms with van der Waals surface area (Å²) in [6, 6.07) is 5.28. The highest BCUT2D eigenvalue weighted by Crippen LogP contribution is 2.30. The van der Waals surface area contributed by atoms with Gasteiger partial charge in [-0.2, -0.15) is 0 Å². The molecule has 106 valence electrons. The van der Waals surface area contributed by atoms with Crippen molar-refractivity contribution in [1.82, 2.24) is 0 Å². The van der Waals surface area contributed by atoms with Gasteiger partial charge in [-0.05, 0) is 25.0 Å². The van der Waals surface area contributed by atoms with E-state index in [1.807, 2.05) is 6.92 Å². The van der Waals surface area contributed by atoms with Crippen molar-refractivity contribution >= 4 is 6.29 Å². The van der Waals surface area contributed by atoms with Gasteiger partial charge in [0.15, 0.2) is 17.8 Å². The maximum atomic E-state index is 11.0. The molecule has 0 saturated heterocycles. The molecule has 0 saturated carbocycles. The van der Waals surface area contributed by atoms with Crippen LogP contribution in [0.5, 0.6) is 11.5 Å². The lowest BCUT2D eigenvalue weighted by Crippen LogP contribution is -2.11. The van der Waals surface area contributed by atoms with Crippen LogP contribution in [0.1, 0.15) is 31.1 Å². The van der Waals surface area contributed by atoms with E-state index in [0.29, 0.717) is 49.4 Å². The average Bonchev–Trinajstić information content (AvgIpc) is 2.39. The number of para-hydroxylation sites is 1. The summed E-state index contributed by atoms with van der Waals surface area (Å²) in [6.45, 7) is 8.21. The Morgan fingerprint density at radius 3 is 2.63 bits per heavy atom. The second-order valence-electron chi connectivity index (χ2n) is 4.54. The highest BCUT2D eigenvalue weighted by molar-refractivity contribution is 5.81. The van der Waals surface area contributed by atoms with Crippen LogP contribution in [0.25, 0.3) is 0 Å². The van der Waals surface area contributed by atoms with Crippen LogP contribution in [0.3, 0.4) is 0 Å². The summed E-state index contributed by atoms with van der Waals surface area (Å²) >= 11 is 0. The van der Waals surface area contributed by atoms with Gasteiger partial charge in [-0.1, -0.05) is 19.9 Å². The van der Waals surface area contributed by atoms with Crippen molar-refractivity contribution in [3.63, 3.8) is 0 Å². The molecular formula is C15H22O4. The van der Waals surface area contributed by atoms with E-state index in [9.17, 15) is 4.79 Å². The molecule has 0 spiro atoms. The first-order valence-corrected chi connectivity index (χ1v) is 6.60. The third-order valence-corrected chi connectivity index (χ3v) is 2.36. The molecule has 0 aliphatic carbocycles. The Bertz CT molecular complexity index is 388. The lowest BCUT2D eigenvalue weighted by atomic mass is 10.2. The summed E-state index contributed by atoms with van der Waals surface area (Å²) in [5.41, 5.74) is 0.495. The molecule has 0 bridgehead atoms. The van der Waals surface area contributed by atoms with Crippen molar-refractivity contribution in [2.75, 3.05) is 26.4 Å². The van der Waals surface area contributed by atoms with Crippen molar-refractivity contribution in [2.45, 2.75) is 20.8 Å². The van der Waals surface area contributed by atoms with Gasteiger partial charge in [-0.15, -0.1) is 0 Å². The molecule has 0 aromatic heterocycles. The lowest BCUT2D eigenvalue weighted by Gasteiger charge is -2.14. The Morgan fingerprint density at radius 2 is 2.00 bits per heavy atom. The van der Waals surface area contributed by atoms with Gasteiger partial charge < -0.3 is 14.2 Å². The van der Waals surface area contributed by atoms with E-state index >= 15 is 0 Å². The zero-order valence-corrected chi connectivity index (χ0v) is 11.8. The fraction of sp³-hybridized carbons (Fsp3) is 0.533. The van der Waals surface area contributed by atoms with Crippen LogP contribution in [0.2, 0.25) is 0 Å². The second-order valence-corrected chi connectivity index (χ2v) is 4.54. The first-order chi connectivity index (χ1) is 9.19. The predicted molar refractivity (Wildman–Crippen MR) is 74.2 cm³/mol. The van der Waals surface area contributed by atoms with Gasteiger partial charge in [0.1, 0.15) is 6.61 Å². The summed E-state index contributed by atoms with van der Waals surface area (Å²) in [4.78, 5) is 11.0. The number of carbonyl (C=O) groups is 1. The number of rotatable bonds is 9. The summed E-state index contributed by atoms with van der Waals surface area (Å²) < 4.78 is 16.5. The number of ether oxygens (including phenoxy) is 3. The summed E-state index contributed by atoms with van der Waals surface area (Å²) in [5.74, 6) is 1.59. The minimum absolute atomic E-state index is 0.400. The zero-order chi connectivity index (χ0) is 14.1. The topological polar surface area (TPSA) is 44.8 Å². The molecule has 4 nitrogen and oxygen atoms in total. The Hall–Kier alpha value is -1.55. The number of carbonyl (C=O) groups excluding carboxylic acids is 1. The minimum atomic E-state index is 0.400. The predicted octanol–water partition coefficient (Wildman–Crippen LogP) is 2.95. The number of benzene rings is 1. The normalized spacial score (nSPS) is 10.5. The van der Waals surface area contributed by atoms with Crippen LogP contribution in [-0.2, 0) is 4.74 Å². The summed E-state index contributed by atoms with van der Waals surface area (Å²) in [6.07, 6.45) is 0.771. The maximum absolute atomic E-state index is 11.0. The zero-order valence-electron chi connectivity index (χ0n) is 11.8. The Labute approximate surface area is 114 Å². The van der Waals surface area contributed by atoms with E-state index in [-0.39, 0.29) is 0 Å². The molecule has 0 amide bonds. The molecule has 1 aromatic carbocycles. The number of hydrogen-bond donors (Lipinski definition) is 0. The molecule has 0 heterocycles. The molecule has 0 unspecified atom stereocenters. The van der Waals surface area contributed by atoms with E-state index in [2.05, 4.69) is 13.8 Å². The third-order valence-electron chi connectivity index (χ3n) is 2.36. The molecule has 0 atom stereocenters. The van der Waals surface area contributed by atoms with E-state index in [1.165, 1.54) is 0 Å². The summed E-state index contributed by atoms with van der Waals surface area (Å²) in [7, 11) is 0. The first-order valence-electron chi connectivity index (χ1n) is 6.60. The van der Waals surface area contributed by atoms with Gasteiger partial charge in [0.2, 0.25) is 0 Å². The largest absolute Gasteiger partial charge is 0.490 e. The van der Waals surface area contributed by atoms with E-state index in [0.717, 1.165) is 6.29 Å². The van der Waals surface area contributed by atoms with Gasteiger partial charge >= 0.3 is 0 Å². The van der Waals surface area contributed by atoms with E-state index in [4.69, 9.17) is 14.2 Å². The molecule has 0 N–H and O–H groups in total. The minimum Gasteiger partial charge on any atom is -0.490 e.